The average Bonchev–Trinajstić information content (AvgIpc) is 3.37. The Morgan fingerprint density at radius 2 is 2.15 bits per heavy atom. The Hall–Kier alpha value is -2.19. The number of fused-ring (bicyclic) bond motifs is 1. The normalized spacial score (nSPS) is 20.2. The first-order valence-corrected chi connectivity index (χ1v) is 9.68. The average molecular weight is 372 g/mol. The molecule has 0 bridgehead atoms. The smallest absolute Gasteiger partial charge is 0.248 e. The zero-order chi connectivity index (χ0) is 18.8. The Balaban J connectivity index is 1.36. The van der Waals surface area contributed by atoms with E-state index in [0.29, 0.717) is 6.61 Å². The largest absolute Gasteiger partial charge is 0.369 e. The zero-order valence-corrected chi connectivity index (χ0v) is 16.2. The molecule has 4 heterocycles. The van der Waals surface area contributed by atoms with E-state index in [9.17, 15) is 4.79 Å². The van der Waals surface area contributed by atoms with Crippen LogP contribution in [0.4, 0.5) is 0 Å². The molecule has 0 spiro atoms. The third-order valence-corrected chi connectivity index (χ3v) is 5.47. The van der Waals surface area contributed by atoms with Crippen molar-refractivity contribution in [3.8, 4) is 0 Å². The minimum atomic E-state index is 0.108. The molecule has 2 aromatic rings. The second-order valence-corrected chi connectivity index (χ2v) is 7.62. The minimum absolute atomic E-state index is 0.108. The molecule has 146 valence electrons. The predicted octanol–water partition coefficient (Wildman–Crippen LogP) is 1.12. The van der Waals surface area contributed by atoms with Gasteiger partial charge in [0.25, 0.3) is 0 Å². The lowest BCUT2D eigenvalue weighted by atomic mass is 10.2. The highest BCUT2D eigenvalue weighted by Gasteiger charge is 2.26. The first kappa shape index (κ1) is 18.2. The molecular formula is C19H28N6O2. The molecule has 1 saturated heterocycles. The van der Waals surface area contributed by atoms with Gasteiger partial charge in [0, 0.05) is 46.0 Å². The number of amides is 1. The molecule has 0 aliphatic carbocycles. The Kier molecular flexibility index (Phi) is 5.27. The molecule has 27 heavy (non-hydrogen) atoms. The number of aromatic nitrogens is 4. The lowest BCUT2D eigenvalue weighted by Gasteiger charge is -2.34. The molecule has 0 radical (unpaired) electrons. The molecule has 1 atom stereocenters. The summed E-state index contributed by atoms with van der Waals surface area (Å²) in [6, 6.07) is 2.29. The first-order chi connectivity index (χ1) is 13.1. The maximum atomic E-state index is 12.2. The van der Waals surface area contributed by atoms with Gasteiger partial charge in [0.2, 0.25) is 5.91 Å². The summed E-state index contributed by atoms with van der Waals surface area (Å²) in [5.74, 6) is 0.108. The molecule has 4 rings (SSSR count). The summed E-state index contributed by atoms with van der Waals surface area (Å²) in [7, 11) is 1.99. The van der Waals surface area contributed by atoms with Crippen molar-refractivity contribution in [2.24, 2.45) is 7.05 Å². The summed E-state index contributed by atoms with van der Waals surface area (Å²) in [6.45, 7) is 7.00. The molecule has 8 heteroatoms. The lowest BCUT2D eigenvalue weighted by molar-refractivity contribution is -0.135. The fraction of sp³-hybridized carbons (Fsp3) is 0.632. The van der Waals surface area contributed by atoms with Gasteiger partial charge in [-0.1, -0.05) is 0 Å². The molecule has 1 amide bonds. The molecule has 1 fully saturated rings. The summed E-state index contributed by atoms with van der Waals surface area (Å²) in [6.07, 6.45) is 6.00. The Morgan fingerprint density at radius 3 is 2.89 bits per heavy atom. The van der Waals surface area contributed by atoms with Crippen LogP contribution in [-0.2, 0) is 29.7 Å². The van der Waals surface area contributed by atoms with Crippen LogP contribution in [0.15, 0.2) is 18.6 Å². The highest BCUT2D eigenvalue weighted by atomic mass is 16.5. The van der Waals surface area contributed by atoms with Crippen LogP contribution in [-0.4, -0.2) is 67.9 Å². The van der Waals surface area contributed by atoms with Crippen molar-refractivity contribution in [1.82, 2.24) is 29.1 Å². The van der Waals surface area contributed by atoms with E-state index in [1.165, 1.54) is 11.4 Å². The van der Waals surface area contributed by atoms with E-state index in [0.717, 1.165) is 51.3 Å². The number of carbonyl (C=O) groups excluding carboxylic acids is 1. The van der Waals surface area contributed by atoms with E-state index in [1.54, 1.807) is 0 Å². The monoisotopic (exact) mass is 372 g/mol. The number of rotatable bonds is 6. The minimum Gasteiger partial charge on any atom is -0.369 e. The van der Waals surface area contributed by atoms with Crippen LogP contribution in [0.25, 0.3) is 0 Å². The van der Waals surface area contributed by atoms with Crippen LogP contribution < -0.4 is 0 Å². The standard InChI is InChI=1S/C19H28N6O2/c1-15-7-16(22(2)21-15)9-23-10-17-8-20-14-25(17)18(11-23)12-27-13-19(26)24-5-3-4-6-24/h7-8,14,18H,3-6,9-13H2,1-2H3. The van der Waals surface area contributed by atoms with Crippen LogP contribution in [0.3, 0.4) is 0 Å². The first-order valence-electron chi connectivity index (χ1n) is 9.68. The van der Waals surface area contributed by atoms with Gasteiger partial charge >= 0.3 is 0 Å². The number of likely N-dealkylation sites (tertiary alicyclic amines) is 1. The highest BCUT2D eigenvalue weighted by Crippen LogP contribution is 2.23. The highest BCUT2D eigenvalue weighted by molar-refractivity contribution is 5.77. The number of hydrogen-bond acceptors (Lipinski definition) is 5. The van der Waals surface area contributed by atoms with Gasteiger partial charge in [-0.2, -0.15) is 5.10 Å². The van der Waals surface area contributed by atoms with Gasteiger partial charge in [0.1, 0.15) is 6.61 Å². The second-order valence-electron chi connectivity index (χ2n) is 7.62. The molecule has 0 aromatic carbocycles. The molecule has 8 nitrogen and oxygen atoms in total. The van der Waals surface area contributed by atoms with Gasteiger partial charge in [-0.25, -0.2) is 4.98 Å². The van der Waals surface area contributed by atoms with Crippen molar-refractivity contribution in [3.63, 3.8) is 0 Å². The molecule has 0 saturated carbocycles. The van der Waals surface area contributed by atoms with E-state index >= 15 is 0 Å². The van der Waals surface area contributed by atoms with Crippen molar-refractivity contribution in [2.45, 2.75) is 38.9 Å². The Bertz CT molecular complexity index is 792. The Morgan fingerprint density at radius 1 is 1.33 bits per heavy atom. The van der Waals surface area contributed by atoms with E-state index in [4.69, 9.17) is 4.74 Å². The third-order valence-electron chi connectivity index (χ3n) is 5.47. The van der Waals surface area contributed by atoms with Gasteiger partial charge in [-0.3, -0.25) is 14.4 Å². The summed E-state index contributed by atoms with van der Waals surface area (Å²) in [4.78, 5) is 20.8. The number of hydrogen-bond donors (Lipinski definition) is 0. The SMILES string of the molecule is Cc1cc(CN2Cc3cncn3C(COCC(=O)N3CCCC3)C2)n(C)n1. The van der Waals surface area contributed by atoms with Crippen LogP contribution in [0.2, 0.25) is 0 Å². The second kappa shape index (κ2) is 7.82. The lowest BCUT2D eigenvalue weighted by Crippen LogP contribution is -2.39. The topological polar surface area (TPSA) is 68.4 Å². The Labute approximate surface area is 159 Å². The van der Waals surface area contributed by atoms with Gasteiger partial charge in [0.15, 0.2) is 0 Å². The van der Waals surface area contributed by atoms with E-state index in [2.05, 4.69) is 25.6 Å². The molecule has 0 N–H and O–H groups in total. The maximum absolute atomic E-state index is 12.2. The maximum Gasteiger partial charge on any atom is 0.248 e. The number of ether oxygens (including phenoxy) is 1. The predicted molar refractivity (Wildman–Crippen MR) is 100.0 cm³/mol. The van der Waals surface area contributed by atoms with Crippen LogP contribution >= 0.6 is 0 Å². The van der Waals surface area contributed by atoms with Crippen molar-refractivity contribution >= 4 is 5.91 Å². The van der Waals surface area contributed by atoms with E-state index in [-0.39, 0.29) is 18.6 Å². The van der Waals surface area contributed by atoms with Crippen LogP contribution in [0, 0.1) is 6.92 Å². The number of nitrogens with zero attached hydrogens (tertiary/aromatic N) is 6. The van der Waals surface area contributed by atoms with Crippen molar-refractivity contribution < 1.29 is 9.53 Å². The van der Waals surface area contributed by atoms with Crippen molar-refractivity contribution in [3.05, 3.63) is 35.7 Å². The van der Waals surface area contributed by atoms with Crippen LogP contribution in [0.1, 0.15) is 36.0 Å². The zero-order valence-electron chi connectivity index (χ0n) is 16.2. The summed E-state index contributed by atoms with van der Waals surface area (Å²) >= 11 is 0. The third kappa shape index (κ3) is 4.06. The molecule has 2 aliphatic rings. The number of carbonyl (C=O) groups is 1. The summed E-state index contributed by atoms with van der Waals surface area (Å²) in [5, 5.41) is 4.44. The van der Waals surface area contributed by atoms with Crippen molar-refractivity contribution in [1.29, 1.82) is 0 Å². The van der Waals surface area contributed by atoms with Gasteiger partial charge in [-0.05, 0) is 25.8 Å². The molecular weight excluding hydrogens is 344 g/mol. The van der Waals surface area contributed by atoms with E-state index in [1.807, 2.05) is 36.1 Å². The molecule has 1 unspecified atom stereocenters. The number of imidazole rings is 1. The summed E-state index contributed by atoms with van der Waals surface area (Å²) in [5.41, 5.74) is 3.42. The number of aryl methyl sites for hydroxylation is 2. The van der Waals surface area contributed by atoms with Crippen LogP contribution in [0.5, 0.6) is 0 Å². The molecule has 2 aliphatic heterocycles. The van der Waals surface area contributed by atoms with Gasteiger partial charge in [-0.15, -0.1) is 0 Å². The van der Waals surface area contributed by atoms with Gasteiger partial charge < -0.3 is 14.2 Å². The van der Waals surface area contributed by atoms with Gasteiger partial charge in [0.05, 0.1) is 36.1 Å². The molecule has 2 aromatic heterocycles. The summed E-state index contributed by atoms with van der Waals surface area (Å²) < 4.78 is 9.95. The van der Waals surface area contributed by atoms with E-state index < -0.39 is 0 Å². The fourth-order valence-electron chi connectivity index (χ4n) is 4.10. The van der Waals surface area contributed by atoms with Crippen molar-refractivity contribution in [2.75, 3.05) is 32.8 Å². The quantitative estimate of drug-likeness (QED) is 0.760. The fourth-order valence-corrected chi connectivity index (χ4v) is 4.10.